The van der Waals surface area contributed by atoms with Crippen LogP contribution in [0.5, 0.6) is 11.5 Å². The maximum absolute atomic E-state index is 12.9. The fourth-order valence-corrected chi connectivity index (χ4v) is 2.15. The number of fused-ring (bicyclic) bond motifs is 1. The van der Waals surface area contributed by atoms with Crippen LogP contribution in [0, 0.1) is 5.82 Å². The standard InChI is InChI=1S/C16H11F3N2O5/c17-8-1-3-10(11(20)5-8)15(23)24-7-14(22)21-9-2-4-12-13(6-9)26-16(18,19)25-12/h1-6H,7,20H2,(H,21,22). The van der Waals surface area contributed by atoms with Crippen molar-refractivity contribution in [3.05, 3.63) is 47.8 Å². The molecular formula is C16H11F3N2O5. The van der Waals surface area contributed by atoms with Gasteiger partial charge in [0.15, 0.2) is 18.1 Å². The van der Waals surface area contributed by atoms with Gasteiger partial charge in [-0.2, -0.15) is 0 Å². The van der Waals surface area contributed by atoms with Gasteiger partial charge in [0, 0.05) is 17.4 Å². The molecule has 7 nitrogen and oxygen atoms in total. The van der Waals surface area contributed by atoms with Crippen LogP contribution in [-0.4, -0.2) is 24.8 Å². The van der Waals surface area contributed by atoms with Gasteiger partial charge in [-0.3, -0.25) is 4.79 Å². The number of hydrogen-bond donors (Lipinski definition) is 2. The number of hydrogen-bond acceptors (Lipinski definition) is 6. The molecule has 0 aliphatic carbocycles. The minimum absolute atomic E-state index is 0.0930. The second kappa shape index (κ2) is 6.47. The summed E-state index contributed by atoms with van der Waals surface area (Å²) in [6.45, 7) is -0.666. The molecule has 1 aliphatic heterocycles. The summed E-state index contributed by atoms with van der Waals surface area (Å²) in [5.74, 6) is -2.69. The van der Waals surface area contributed by atoms with Gasteiger partial charge < -0.3 is 25.3 Å². The minimum atomic E-state index is -3.77. The molecule has 0 saturated heterocycles. The SMILES string of the molecule is Nc1cc(F)ccc1C(=O)OCC(=O)Nc1ccc2c(c1)OC(F)(F)O2. The van der Waals surface area contributed by atoms with Gasteiger partial charge in [-0.1, -0.05) is 0 Å². The number of benzene rings is 2. The fourth-order valence-electron chi connectivity index (χ4n) is 2.15. The summed E-state index contributed by atoms with van der Waals surface area (Å²) in [6.07, 6.45) is -3.77. The number of nitrogens with one attached hydrogen (secondary N) is 1. The highest BCUT2D eigenvalue weighted by Gasteiger charge is 2.43. The van der Waals surface area contributed by atoms with E-state index >= 15 is 0 Å². The number of rotatable bonds is 4. The maximum Gasteiger partial charge on any atom is 0.586 e. The molecule has 0 aromatic heterocycles. The first-order chi connectivity index (χ1) is 12.2. The normalized spacial score (nSPS) is 14.0. The first-order valence-electron chi connectivity index (χ1n) is 7.15. The van der Waals surface area contributed by atoms with Crippen molar-refractivity contribution in [2.45, 2.75) is 6.29 Å². The summed E-state index contributed by atoms with van der Waals surface area (Å²) in [5.41, 5.74) is 5.40. The topological polar surface area (TPSA) is 99.9 Å². The molecule has 0 unspecified atom stereocenters. The van der Waals surface area contributed by atoms with Crippen LogP contribution >= 0.6 is 0 Å². The van der Waals surface area contributed by atoms with E-state index in [1.54, 1.807) is 0 Å². The van der Waals surface area contributed by atoms with E-state index in [1.807, 2.05) is 0 Å². The molecule has 0 fully saturated rings. The molecule has 3 N–H and O–H groups in total. The zero-order chi connectivity index (χ0) is 18.9. The molecule has 2 aromatic rings. The highest BCUT2D eigenvalue weighted by molar-refractivity contribution is 5.98. The molecule has 1 aliphatic rings. The smallest absolute Gasteiger partial charge is 0.452 e. The maximum atomic E-state index is 12.9. The molecule has 0 saturated carbocycles. The molecule has 0 atom stereocenters. The zero-order valence-corrected chi connectivity index (χ0v) is 12.9. The molecular weight excluding hydrogens is 357 g/mol. The van der Waals surface area contributed by atoms with Crippen molar-refractivity contribution in [1.29, 1.82) is 0 Å². The summed E-state index contributed by atoms with van der Waals surface area (Å²) < 4.78 is 52.1. The number of carbonyl (C=O) groups is 2. The third-order valence-electron chi connectivity index (χ3n) is 3.25. The third kappa shape index (κ3) is 3.79. The third-order valence-corrected chi connectivity index (χ3v) is 3.25. The molecule has 1 amide bonds. The molecule has 136 valence electrons. The minimum Gasteiger partial charge on any atom is -0.452 e. The molecule has 1 heterocycles. The van der Waals surface area contributed by atoms with Crippen molar-refractivity contribution in [3.63, 3.8) is 0 Å². The lowest BCUT2D eigenvalue weighted by Crippen LogP contribution is -2.25. The second-order valence-electron chi connectivity index (χ2n) is 5.18. The summed E-state index contributed by atoms with van der Waals surface area (Å²) in [4.78, 5) is 23.6. The Bertz CT molecular complexity index is 888. The Balaban J connectivity index is 1.57. The lowest BCUT2D eigenvalue weighted by molar-refractivity contribution is -0.286. The number of ether oxygens (including phenoxy) is 3. The second-order valence-corrected chi connectivity index (χ2v) is 5.18. The predicted molar refractivity (Wildman–Crippen MR) is 82.4 cm³/mol. The lowest BCUT2D eigenvalue weighted by atomic mass is 10.2. The van der Waals surface area contributed by atoms with Crippen LogP contribution in [0.2, 0.25) is 0 Å². The molecule has 0 bridgehead atoms. The highest BCUT2D eigenvalue weighted by atomic mass is 19.3. The number of esters is 1. The monoisotopic (exact) mass is 368 g/mol. The van der Waals surface area contributed by atoms with Crippen LogP contribution in [0.4, 0.5) is 24.5 Å². The number of alkyl halides is 2. The Hall–Kier alpha value is -3.43. The van der Waals surface area contributed by atoms with Crippen molar-refractivity contribution in [2.24, 2.45) is 0 Å². The van der Waals surface area contributed by atoms with E-state index in [0.29, 0.717) is 0 Å². The van der Waals surface area contributed by atoms with E-state index in [9.17, 15) is 22.8 Å². The fraction of sp³-hybridized carbons (Fsp3) is 0.125. The molecule has 10 heteroatoms. The molecule has 26 heavy (non-hydrogen) atoms. The van der Waals surface area contributed by atoms with E-state index < -0.39 is 30.6 Å². The van der Waals surface area contributed by atoms with Gasteiger partial charge in [-0.15, -0.1) is 8.78 Å². The van der Waals surface area contributed by atoms with Crippen LogP contribution in [0.25, 0.3) is 0 Å². The molecule has 0 spiro atoms. The Morgan fingerprint density at radius 1 is 1.12 bits per heavy atom. The summed E-state index contributed by atoms with van der Waals surface area (Å²) >= 11 is 0. The van der Waals surface area contributed by atoms with E-state index in [0.717, 1.165) is 24.3 Å². The van der Waals surface area contributed by atoms with Crippen LogP contribution in [0.15, 0.2) is 36.4 Å². The molecule has 2 aromatic carbocycles. The van der Waals surface area contributed by atoms with Gasteiger partial charge >= 0.3 is 12.3 Å². The Morgan fingerprint density at radius 3 is 2.58 bits per heavy atom. The predicted octanol–water partition coefficient (Wildman–Crippen LogP) is 2.52. The number of amides is 1. The number of carbonyl (C=O) groups excluding carboxylic acids is 2. The van der Waals surface area contributed by atoms with Gasteiger partial charge in [0.2, 0.25) is 0 Å². The van der Waals surface area contributed by atoms with Crippen LogP contribution < -0.4 is 20.5 Å². The largest absolute Gasteiger partial charge is 0.586 e. The van der Waals surface area contributed by atoms with Crippen molar-refractivity contribution < 1.29 is 37.0 Å². The number of halogens is 3. The van der Waals surface area contributed by atoms with E-state index in [2.05, 4.69) is 14.8 Å². The first kappa shape index (κ1) is 17.4. The lowest BCUT2D eigenvalue weighted by Gasteiger charge is -2.08. The van der Waals surface area contributed by atoms with Crippen molar-refractivity contribution in [2.75, 3.05) is 17.7 Å². The van der Waals surface area contributed by atoms with Crippen molar-refractivity contribution >= 4 is 23.3 Å². The number of nitrogen functional groups attached to an aromatic ring is 1. The van der Waals surface area contributed by atoms with Gasteiger partial charge in [0.1, 0.15) is 5.82 Å². The quantitative estimate of drug-likeness (QED) is 0.636. The Labute approximate surface area is 144 Å². The molecule has 0 radical (unpaired) electrons. The van der Waals surface area contributed by atoms with Crippen LogP contribution in [0.1, 0.15) is 10.4 Å². The van der Waals surface area contributed by atoms with E-state index in [-0.39, 0.29) is 28.4 Å². The molecule has 3 rings (SSSR count). The van der Waals surface area contributed by atoms with E-state index in [1.165, 1.54) is 12.1 Å². The van der Waals surface area contributed by atoms with Gasteiger partial charge in [0.25, 0.3) is 5.91 Å². The van der Waals surface area contributed by atoms with Gasteiger partial charge in [-0.25, -0.2) is 9.18 Å². The Morgan fingerprint density at radius 2 is 1.85 bits per heavy atom. The average molecular weight is 368 g/mol. The van der Waals surface area contributed by atoms with Crippen molar-refractivity contribution in [1.82, 2.24) is 0 Å². The van der Waals surface area contributed by atoms with Crippen LogP contribution in [0.3, 0.4) is 0 Å². The van der Waals surface area contributed by atoms with E-state index in [4.69, 9.17) is 10.5 Å². The first-order valence-corrected chi connectivity index (χ1v) is 7.15. The number of nitrogens with two attached hydrogens (primary N) is 1. The summed E-state index contributed by atoms with van der Waals surface area (Å²) in [7, 11) is 0. The number of anilines is 2. The summed E-state index contributed by atoms with van der Waals surface area (Å²) in [6, 6.07) is 6.73. The average Bonchev–Trinajstić information content (AvgIpc) is 2.85. The van der Waals surface area contributed by atoms with Gasteiger partial charge in [0.05, 0.1) is 5.56 Å². The summed E-state index contributed by atoms with van der Waals surface area (Å²) in [5, 5.41) is 2.34. The zero-order valence-electron chi connectivity index (χ0n) is 12.9. The van der Waals surface area contributed by atoms with Crippen LogP contribution in [-0.2, 0) is 9.53 Å². The van der Waals surface area contributed by atoms with Gasteiger partial charge in [-0.05, 0) is 30.3 Å². The highest BCUT2D eigenvalue weighted by Crippen LogP contribution is 2.42. The van der Waals surface area contributed by atoms with Crippen molar-refractivity contribution in [3.8, 4) is 11.5 Å². The Kier molecular flexibility index (Phi) is 4.33.